The van der Waals surface area contributed by atoms with Gasteiger partial charge in [-0.2, -0.15) is 5.10 Å². The second kappa shape index (κ2) is 11.2. The summed E-state index contributed by atoms with van der Waals surface area (Å²) in [5.41, 5.74) is 5.09. The molecule has 1 N–H and O–H groups in total. The summed E-state index contributed by atoms with van der Waals surface area (Å²) in [5, 5.41) is 4.73. The Morgan fingerprint density at radius 1 is 1.18 bits per heavy atom. The lowest BCUT2D eigenvalue weighted by molar-refractivity contribution is -0.118. The van der Waals surface area contributed by atoms with Gasteiger partial charge in [-0.15, -0.1) is 11.3 Å². The van der Waals surface area contributed by atoms with E-state index in [2.05, 4.69) is 15.5 Å². The average molecular weight is 498 g/mol. The molecule has 0 saturated heterocycles. The molecule has 0 aliphatic rings. The van der Waals surface area contributed by atoms with Crippen LogP contribution in [0.4, 0.5) is 0 Å². The number of rotatable bonds is 9. The van der Waals surface area contributed by atoms with Gasteiger partial charge in [0.05, 0.1) is 29.3 Å². The van der Waals surface area contributed by atoms with Crippen LogP contribution in [0.2, 0.25) is 5.02 Å². The van der Waals surface area contributed by atoms with Crippen LogP contribution in [0.15, 0.2) is 76.2 Å². The molecule has 9 heteroatoms. The van der Waals surface area contributed by atoms with Gasteiger partial charge in [-0.05, 0) is 42.0 Å². The third-order valence-electron chi connectivity index (χ3n) is 4.50. The number of hydrogen-bond acceptors (Lipinski definition) is 7. The summed E-state index contributed by atoms with van der Waals surface area (Å²) in [6, 6.07) is 20.8. The number of carbonyl (C=O) groups is 1. The summed E-state index contributed by atoms with van der Waals surface area (Å²) >= 11 is 9.00. The molecule has 6 nitrogen and oxygen atoms in total. The van der Waals surface area contributed by atoms with Crippen LogP contribution in [-0.4, -0.2) is 30.0 Å². The standard InChI is InChI=1S/C24H20ClN3O3S2/c1-30-20-10-5-7-17(23(20)31-14-16-6-4-8-18(25)12-16)13-26-28-22(29)15-32-24-27-19-9-2-3-11-21(19)33-24/h2-13H,14-15H2,1H3,(H,28,29)/b26-13-. The lowest BCUT2D eigenvalue weighted by Crippen LogP contribution is -2.19. The molecule has 4 aromatic rings. The maximum atomic E-state index is 12.2. The molecule has 1 aromatic heterocycles. The molecule has 0 aliphatic heterocycles. The SMILES string of the molecule is COc1cccc(/C=N\NC(=O)CSc2nc3ccccc3s2)c1OCc1cccc(Cl)c1. The van der Waals surface area contributed by atoms with E-state index >= 15 is 0 Å². The zero-order chi connectivity index (χ0) is 23.0. The van der Waals surface area contributed by atoms with Crippen LogP contribution in [0.25, 0.3) is 10.2 Å². The van der Waals surface area contributed by atoms with E-state index in [-0.39, 0.29) is 11.7 Å². The minimum Gasteiger partial charge on any atom is -0.493 e. The van der Waals surface area contributed by atoms with E-state index in [4.69, 9.17) is 21.1 Å². The predicted molar refractivity (Wildman–Crippen MR) is 135 cm³/mol. The summed E-state index contributed by atoms with van der Waals surface area (Å²) in [7, 11) is 1.57. The molecule has 1 amide bonds. The number of hydrazone groups is 1. The van der Waals surface area contributed by atoms with Gasteiger partial charge in [0.1, 0.15) is 6.61 Å². The number of thiazole rings is 1. The number of fused-ring (bicyclic) bond motifs is 1. The zero-order valence-electron chi connectivity index (χ0n) is 17.7. The lowest BCUT2D eigenvalue weighted by Gasteiger charge is -2.13. The largest absolute Gasteiger partial charge is 0.493 e. The van der Waals surface area contributed by atoms with Crippen LogP contribution < -0.4 is 14.9 Å². The fourth-order valence-electron chi connectivity index (χ4n) is 2.98. The molecule has 1 heterocycles. The topological polar surface area (TPSA) is 72.8 Å². The van der Waals surface area contributed by atoms with Gasteiger partial charge in [0, 0.05) is 10.6 Å². The van der Waals surface area contributed by atoms with E-state index in [1.165, 1.54) is 18.0 Å². The Bertz CT molecular complexity index is 1260. The van der Waals surface area contributed by atoms with E-state index in [1.807, 2.05) is 60.7 Å². The number of halogens is 1. The predicted octanol–water partition coefficient (Wildman–Crippen LogP) is 5.78. The van der Waals surface area contributed by atoms with Crippen molar-refractivity contribution in [2.75, 3.05) is 12.9 Å². The molecule has 0 atom stereocenters. The number of benzene rings is 3. The number of methoxy groups -OCH3 is 1. The third kappa shape index (κ3) is 6.25. The van der Waals surface area contributed by atoms with Gasteiger partial charge in [0.15, 0.2) is 15.8 Å². The number of thioether (sulfide) groups is 1. The van der Waals surface area contributed by atoms with Gasteiger partial charge < -0.3 is 9.47 Å². The molecule has 0 aliphatic carbocycles. The lowest BCUT2D eigenvalue weighted by atomic mass is 10.2. The highest BCUT2D eigenvalue weighted by Crippen LogP contribution is 2.31. The minimum absolute atomic E-state index is 0.216. The van der Waals surface area contributed by atoms with Crippen molar-refractivity contribution < 1.29 is 14.3 Å². The average Bonchev–Trinajstić information content (AvgIpc) is 3.25. The molecule has 168 valence electrons. The second-order valence-electron chi connectivity index (χ2n) is 6.83. The maximum Gasteiger partial charge on any atom is 0.250 e. The van der Waals surface area contributed by atoms with Crippen LogP contribution in [0.5, 0.6) is 11.5 Å². The van der Waals surface area contributed by atoms with Crippen molar-refractivity contribution >= 4 is 57.0 Å². The van der Waals surface area contributed by atoms with Crippen molar-refractivity contribution in [2.45, 2.75) is 10.9 Å². The van der Waals surface area contributed by atoms with Gasteiger partial charge in [-0.3, -0.25) is 4.79 Å². The first-order chi connectivity index (χ1) is 16.1. The van der Waals surface area contributed by atoms with Crippen molar-refractivity contribution in [1.29, 1.82) is 0 Å². The van der Waals surface area contributed by atoms with Crippen LogP contribution in [-0.2, 0) is 11.4 Å². The molecule has 0 spiro atoms. The highest BCUT2D eigenvalue weighted by atomic mass is 35.5. The molecule has 3 aromatic carbocycles. The summed E-state index contributed by atoms with van der Waals surface area (Å²) < 4.78 is 13.4. The molecule has 4 rings (SSSR count). The quantitative estimate of drug-likeness (QED) is 0.180. The van der Waals surface area contributed by atoms with Crippen molar-refractivity contribution in [1.82, 2.24) is 10.4 Å². The Morgan fingerprint density at radius 3 is 2.85 bits per heavy atom. The van der Waals surface area contributed by atoms with Crippen LogP contribution >= 0.6 is 34.7 Å². The molecular formula is C24H20ClN3O3S2. The Balaban J connectivity index is 1.37. The molecule has 0 unspecified atom stereocenters. The van der Waals surface area contributed by atoms with Crippen molar-refractivity contribution in [3.8, 4) is 11.5 Å². The normalized spacial score (nSPS) is 11.1. The summed E-state index contributed by atoms with van der Waals surface area (Å²) in [6.07, 6.45) is 1.54. The van der Waals surface area contributed by atoms with Crippen LogP contribution in [0.1, 0.15) is 11.1 Å². The maximum absolute atomic E-state index is 12.2. The number of aromatic nitrogens is 1. The molecule has 0 bridgehead atoms. The second-order valence-corrected chi connectivity index (χ2v) is 9.52. The first-order valence-corrected chi connectivity index (χ1v) is 12.1. The first kappa shape index (κ1) is 23.1. The molecule has 33 heavy (non-hydrogen) atoms. The fourth-order valence-corrected chi connectivity index (χ4v) is 5.05. The Kier molecular flexibility index (Phi) is 7.83. The summed E-state index contributed by atoms with van der Waals surface area (Å²) in [5.74, 6) is 1.09. The number of ether oxygens (including phenoxy) is 2. The van der Waals surface area contributed by atoms with Crippen molar-refractivity contribution in [2.24, 2.45) is 5.10 Å². The van der Waals surface area contributed by atoms with Gasteiger partial charge in [-0.1, -0.05) is 53.7 Å². The van der Waals surface area contributed by atoms with Gasteiger partial charge in [0.25, 0.3) is 5.91 Å². The molecular weight excluding hydrogens is 478 g/mol. The van der Waals surface area contributed by atoms with E-state index in [9.17, 15) is 4.79 Å². The highest BCUT2D eigenvalue weighted by molar-refractivity contribution is 8.01. The zero-order valence-corrected chi connectivity index (χ0v) is 20.0. The highest BCUT2D eigenvalue weighted by Gasteiger charge is 2.11. The number of carbonyl (C=O) groups excluding carboxylic acids is 1. The Labute approximate surface area is 204 Å². The van der Waals surface area contributed by atoms with Gasteiger partial charge >= 0.3 is 0 Å². The number of nitrogens with zero attached hydrogens (tertiary/aromatic N) is 2. The number of amides is 1. The molecule has 0 fully saturated rings. The molecule has 0 saturated carbocycles. The van der Waals surface area contributed by atoms with E-state index in [0.717, 1.165) is 20.1 Å². The first-order valence-electron chi connectivity index (χ1n) is 9.97. The molecule has 0 radical (unpaired) electrons. The minimum atomic E-state index is -0.222. The van der Waals surface area contributed by atoms with Crippen LogP contribution in [0.3, 0.4) is 0 Å². The number of para-hydroxylation sites is 2. The van der Waals surface area contributed by atoms with Crippen molar-refractivity contribution in [3.63, 3.8) is 0 Å². The van der Waals surface area contributed by atoms with Gasteiger partial charge in [0.2, 0.25) is 0 Å². The fraction of sp³-hybridized carbons (Fsp3) is 0.125. The Hall–Kier alpha value is -3.07. The van der Waals surface area contributed by atoms with Crippen LogP contribution in [0, 0.1) is 0 Å². The number of nitrogens with one attached hydrogen (secondary N) is 1. The summed E-state index contributed by atoms with van der Waals surface area (Å²) in [6.45, 7) is 0.312. The van der Waals surface area contributed by atoms with E-state index in [1.54, 1.807) is 24.5 Å². The smallest absolute Gasteiger partial charge is 0.250 e. The monoisotopic (exact) mass is 497 g/mol. The Morgan fingerprint density at radius 2 is 2.03 bits per heavy atom. The summed E-state index contributed by atoms with van der Waals surface area (Å²) in [4.78, 5) is 16.8. The number of hydrogen-bond donors (Lipinski definition) is 1. The van der Waals surface area contributed by atoms with E-state index in [0.29, 0.717) is 28.7 Å². The van der Waals surface area contributed by atoms with Crippen molar-refractivity contribution in [3.05, 3.63) is 82.9 Å². The van der Waals surface area contributed by atoms with Gasteiger partial charge in [-0.25, -0.2) is 10.4 Å². The van der Waals surface area contributed by atoms with E-state index < -0.39 is 0 Å². The third-order valence-corrected chi connectivity index (χ3v) is 6.91.